The molecule has 1 aliphatic carbocycles. The first-order valence-corrected chi connectivity index (χ1v) is 9.95. The molecule has 1 saturated carbocycles. The zero-order chi connectivity index (χ0) is 19.7. The number of carbonyl (C=O) groups is 1. The Labute approximate surface area is 164 Å². The zero-order valence-electron chi connectivity index (χ0n) is 16.6. The second-order valence-corrected chi connectivity index (χ2v) is 8.08. The number of fused-ring (bicyclic) bond motifs is 1. The number of benzene rings is 1. The highest BCUT2D eigenvalue weighted by molar-refractivity contribution is 5.80. The van der Waals surface area contributed by atoms with E-state index in [1.165, 1.54) is 0 Å². The molecule has 4 rings (SSSR count). The van der Waals surface area contributed by atoms with Gasteiger partial charge in [-0.05, 0) is 54.8 Å². The third-order valence-electron chi connectivity index (χ3n) is 5.00. The first-order valence-electron chi connectivity index (χ1n) is 9.95. The van der Waals surface area contributed by atoms with Gasteiger partial charge >= 0.3 is 6.03 Å². The van der Waals surface area contributed by atoms with Crippen molar-refractivity contribution in [3.05, 3.63) is 47.7 Å². The van der Waals surface area contributed by atoms with Crippen LogP contribution >= 0.6 is 0 Å². The number of rotatable bonds is 7. The fourth-order valence-electron chi connectivity index (χ4n) is 3.37. The molecule has 7 heteroatoms. The lowest BCUT2D eigenvalue weighted by Gasteiger charge is -2.24. The molecule has 2 amide bonds. The predicted octanol–water partition coefficient (Wildman–Crippen LogP) is 4.18. The van der Waals surface area contributed by atoms with Crippen LogP contribution in [-0.4, -0.2) is 32.1 Å². The maximum Gasteiger partial charge on any atom is 0.318 e. The molecule has 1 aliphatic rings. The van der Waals surface area contributed by atoms with Crippen LogP contribution in [0.15, 0.2) is 35.0 Å². The van der Waals surface area contributed by atoms with Gasteiger partial charge in [-0.25, -0.2) is 4.79 Å². The molecule has 28 heavy (non-hydrogen) atoms. The molecule has 2 heterocycles. The molecule has 148 valence electrons. The Bertz CT molecular complexity index is 957. The van der Waals surface area contributed by atoms with Crippen molar-refractivity contribution in [1.29, 1.82) is 0 Å². The molecule has 0 radical (unpaired) electrons. The minimum atomic E-state index is -0.325. The molecule has 7 nitrogen and oxygen atoms in total. The number of hydrogen-bond acceptors (Lipinski definition) is 4. The number of aromatic nitrogens is 3. The molecule has 0 saturated heterocycles. The largest absolute Gasteiger partial charge is 0.361 e. The smallest absolute Gasteiger partial charge is 0.318 e. The van der Waals surface area contributed by atoms with Gasteiger partial charge in [-0.15, -0.1) is 0 Å². The fourth-order valence-corrected chi connectivity index (χ4v) is 3.37. The van der Waals surface area contributed by atoms with E-state index in [9.17, 15) is 4.79 Å². The van der Waals surface area contributed by atoms with Crippen molar-refractivity contribution in [3.8, 4) is 0 Å². The number of hydrogen-bond donors (Lipinski definition) is 2. The standard InChI is InChI=1S/C21H27N5O2/c1-13(2)10-19-24-20(28-25-19)14(3)23-21(27)26(17-5-6-17)12-15-4-7-18-16(11-15)8-9-22-18/h4,7-9,11,13-14,17,22H,5-6,10,12H2,1-3H3,(H,23,27)/t14-/m0/s1. The Morgan fingerprint density at radius 2 is 2.14 bits per heavy atom. The quantitative estimate of drug-likeness (QED) is 0.642. The van der Waals surface area contributed by atoms with E-state index in [1.807, 2.05) is 24.1 Å². The molecule has 0 aliphatic heterocycles. The predicted molar refractivity (Wildman–Crippen MR) is 107 cm³/mol. The average Bonchev–Trinajstić information content (AvgIpc) is 3.19. The number of carbonyl (C=O) groups excluding carboxylic acids is 1. The fraction of sp³-hybridized carbons (Fsp3) is 0.476. The van der Waals surface area contributed by atoms with Gasteiger partial charge in [-0.1, -0.05) is 25.1 Å². The maximum atomic E-state index is 12.9. The normalized spacial score (nSPS) is 15.1. The van der Waals surface area contributed by atoms with Crippen LogP contribution < -0.4 is 5.32 Å². The summed E-state index contributed by atoms with van der Waals surface area (Å²) < 4.78 is 5.34. The van der Waals surface area contributed by atoms with Crippen LogP contribution in [0.2, 0.25) is 0 Å². The highest BCUT2D eigenvalue weighted by Crippen LogP contribution is 2.29. The summed E-state index contributed by atoms with van der Waals surface area (Å²) in [6.07, 6.45) is 4.79. The molecule has 0 unspecified atom stereocenters. The van der Waals surface area contributed by atoms with Crippen LogP contribution in [0.3, 0.4) is 0 Å². The van der Waals surface area contributed by atoms with Crippen LogP contribution in [0.5, 0.6) is 0 Å². The molecule has 3 aromatic rings. The first-order chi connectivity index (χ1) is 13.5. The Morgan fingerprint density at radius 1 is 1.32 bits per heavy atom. The number of H-pyrrole nitrogens is 1. The highest BCUT2D eigenvalue weighted by Gasteiger charge is 2.33. The van der Waals surface area contributed by atoms with E-state index in [0.29, 0.717) is 30.2 Å². The molecule has 2 N–H and O–H groups in total. The molecule has 0 bridgehead atoms. The van der Waals surface area contributed by atoms with E-state index in [4.69, 9.17) is 4.52 Å². The van der Waals surface area contributed by atoms with E-state index >= 15 is 0 Å². The SMILES string of the molecule is CC(C)Cc1noc([C@H](C)NC(=O)N(Cc2ccc3[nH]ccc3c2)C2CC2)n1. The second kappa shape index (κ2) is 7.66. The Hall–Kier alpha value is -2.83. The van der Waals surface area contributed by atoms with Crippen LogP contribution in [-0.2, 0) is 13.0 Å². The minimum absolute atomic E-state index is 0.0900. The van der Waals surface area contributed by atoms with Gasteiger partial charge in [0.15, 0.2) is 5.82 Å². The summed E-state index contributed by atoms with van der Waals surface area (Å²) in [5, 5.41) is 8.19. The van der Waals surface area contributed by atoms with Crippen LogP contribution in [0, 0.1) is 5.92 Å². The van der Waals surface area contributed by atoms with Crippen molar-refractivity contribution in [2.24, 2.45) is 5.92 Å². The van der Waals surface area contributed by atoms with Gasteiger partial charge in [0.25, 0.3) is 0 Å². The highest BCUT2D eigenvalue weighted by atomic mass is 16.5. The summed E-state index contributed by atoms with van der Waals surface area (Å²) in [6, 6.07) is 8.20. The van der Waals surface area contributed by atoms with Gasteiger partial charge in [-0.3, -0.25) is 0 Å². The van der Waals surface area contributed by atoms with Crippen molar-refractivity contribution in [3.63, 3.8) is 0 Å². The molecule has 0 spiro atoms. The Kier molecular flexibility index (Phi) is 5.07. The van der Waals surface area contributed by atoms with Crippen molar-refractivity contribution in [2.75, 3.05) is 0 Å². The van der Waals surface area contributed by atoms with Gasteiger partial charge in [0, 0.05) is 30.7 Å². The average molecular weight is 381 g/mol. The van der Waals surface area contributed by atoms with Crippen molar-refractivity contribution < 1.29 is 9.32 Å². The molecule has 1 fully saturated rings. The van der Waals surface area contributed by atoms with E-state index in [2.05, 4.69) is 52.5 Å². The maximum absolute atomic E-state index is 12.9. The molecule has 1 aromatic carbocycles. The minimum Gasteiger partial charge on any atom is -0.361 e. The van der Waals surface area contributed by atoms with E-state index < -0.39 is 0 Å². The molecular formula is C21H27N5O2. The van der Waals surface area contributed by atoms with Crippen LogP contribution in [0.25, 0.3) is 10.9 Å². The number of nitrogens with one attached hydrogen (secondary N) is 2. The van der Waals surface area contributed by atoms with E-state index in [0.717, 1.165) is 35.7 Å². The Morgan fingerprint density at radius 3 is 2.89 bits per heavy atom. The first kappa shape index (κ1) is 18.5. The van der Waals surface area contributed by atoms with Gasteiger partial charge in [0.1, 0.15) is 6.04 Å². The third-order valence-corrected chi connectivity index (χ3v) is 5.00. The number of urea groups is 1. The molecule has 1 atom stereocenters. The lowest BCUT2D eigenvalue weighted by Crippen LogP contribution is -2.42. The molecular weight excluding hydrogens is 354 g/mol. The van der Waals surface area contributed by atoms with Crippen LogP contribution in [0.4, 0.5) is 4.79 Å². The van der Waals surface area contributed by atoms with E-state index in [-0.39, 0.29) is 12.1 Å². The topological polar surface area (TPSA) is 87.0 Å². The van der Waals surface area contributed by atoms with Gasteiger partial charge in [0.05, 0.1) is 0 Å². The molecule has 2 aromatic heterocycles. The summed E-state index contributed by atoms with van der Waals surface area (Å²) in [4.78, 5) is 22.5. The number of amides is 2. The van der Waals surface area contributed by atoms with Gasteiger partial charge < -0.3 is 19.7 Å². The van der Waals surface area contributed by atoms with Crippen molar-refractivity contribution in [1.82, 2.24) is 25.3 Å². The van der Waals surface area contributed by atoms with Gasteiger partial charge in [0.2, 0.25) is 5.89 Å². The zero-order valence-corrected chi connectivity index (χ0v) is 16.6. The van der Waals surface area contributed by atoms with Crippen LogP contribution in [0.1, 0.15) is 56.9 Å². The van der Waals surface area contributed by atoms with E-state index in [1.54, 1.807) is 0 Å². The van der Waals surface area contributed by atoms with Crippen molar-refractivity contribution in [2.45, 2.75) is 58.7 Å². The summed E-state index contributed by atoms with van der Waals surface area (Å²) in [7, 11) is 0. The second-order valence-electron chi connectivity index (χ2n) is 8.08. The Balaban J connectivity index is 1.42. The third kappa shape index (κ3) is 4.18. The lowest BCUT2D eigenvalue weighted by molar-refractivity contribution is 0.186. The summed E-state index contributed by atoms with van der Waals surface area (Å²) in [5.74, 6) is 1.59. The van der Waals surface area contributed by atoms with Crippen molar-refractivity contribution >= 4 is 16.9 Å². The lowest BCUT2D eigenvalue weighted by atomic mass is 10.1. The number of nitrogens with zero attached hydrogens (tertiary/aromatic N) is 3. The summed E-state index contributed by atoms with van der Waals surface area (Å²) in [5.41, 5.74) is 2.23. The van der Waals surface area contributed by atoms with Gasteiger partial charge in [-0.2, -0.15) is 4.98 Å². The summed E-state index contributed by atoms with van der Waals surface area (Å²) in [6.45, 7) is 6.69. The monoisotopic (exact) mass is 381 g/mol. The summed E-state index contributed by atoms with van der Waals surface area (Å²) >= 11 is 0. The number of aromatic amines is 1.